The molecule has 1 amide bonds. The van der Waals surface area contributed by atoms with Crippen LogP contribution in [0.3, 0.4) is 0 Å². The van der Waals surface area contributed by atoms with Crippen LogP contribution >= 0.6 is 0 Å². The summed E-state index contributed by atoms with van der Waals surface area (Å²) in [5.74, 6) is 0.804. The van der Waals surface area contributed by atoms with Crippen LogP contribution in [0.25, 0.3) is 0 Å². The molecule has 112 valence electrons. The largest absolute Gasteiger partial charge is 0.393 e. The first kappa shape index (κ1) is 16.4. The number of carbonyl (C=O) groups is 1. The Morgan fingerprint density at radius 1 is 1.32 bits per heavy atom. The second-order valence-electron chi connectivity index (χ2n) is 6.59. The fourth-order valence-electron chi connectivity index (χ4n) is 2.84. The summed E-state index contributed by atoms with van der Waals surface area (Å²) in [7, 11) is 0. The van der Waals surface area contributed by atoms with Crippen LogP contribution in [0.5, 0.6) is 0 Å². The van der Waals surface area contributed by atoms with Gasteiger partial charge in [-0.05, 0) is 38.5 Å². The van der Waals surface area contributed by atoms with Gasteiger partial charge in [-0.2, -0.15) is 0 Å². The third kappa shape index (κ3) is 5.49. The van der Waals surface area contributed by atoms with Crippen molar-refractivity contribution >= 4 is 5.91 Å². The Hall–Kier alpha value is -0.610. The summed E-state index contributed by atoms with van der Waals surface area (Å²) < 4.78 is 0. The Kier molecular flexibility index (Phi) is 6.27. The second-order valence-corrected chi connectivity index (χ2v) is 6.59. The fourth-order valence-corrected chi connectivity index (χ4v) is 2.84. The number of amides is 1. The molecule has 0 bridgehead atoms. The second kappa shape index (κ2) is 7.25. The van der Waals surface area contributed by atoms with Crippen molar-refractivity contribution < 1.29 is 9.90 Å². The van der Waals surface area contributed by atoms with Crippen LogP contribution in [0.15, 0.2) is 0 Å². The summed E-state index contributed by atoms with van der Waals surface area (Å²) in [6.45, 7) is 12.0. The molecule has 0 radical (unpaired) electrons. The minimum absolute atomic E-state index is 0.0405. The van der Waals surface area contributed by atoms with Gasteiger partial charge in [-0.15, -0.1) is 0 Å². The zero-order valence-corrected chi connectivity index (χ0v) is 13.0. The number of carbonyl (C=O) groups excluding carboxylic acids is 1. The lowest BCUT2D eigenvalue weighted by Crippen LogP contribution is -2.52. The smallest absolute Gasteiger partial charge is 0.217 e. The van der Waals surface area contributed by atoms with Crippen molar-refractivity contribution in [3.63, 3.8) is 0 Å². The molecule has 3 atom stereocenters. The highest BCUT2D eigenvalue weighted by Gasteiger charge is 2.30. The van der Waals surface area contributed by atoms with Crippen LogP contribution in [-0.4, -0.2) is 47.2 Å². The van der Waals surface area contributed by atoms with Gasteiger partial charge >= 0.3 is 0 Å². The molecular formula is C15H30N2O2. The number of aliphatic hydroxyl groups excluding tert-OH is 1. The lowest BCUT2D eigenvalue weighted by atomic mass is 9.86. The molecule has 19 heavy (non-hydrogen) atoms. The average molecular weight is 270 g/mol. The Bertz CT molecular complexity index is 290. The highest BCUT2D eigenvalue weighted by atomic mass is 16.3. The molecule has 1 aliphatic rings. The van der Waals surface area contributed by atoms with Gasteiger partial charge in [0.25, 0.3) is 0 Å². The minimum atomic E-state index is -0.241. The summed E-state index contributed by atoms with van der Waals surface area (Å²) in [5, 5.41) is 13.1. The molecule has 4 nitrogen and oxygen atoms in total. The van der Waals surface area contributed by atoms with Gasteiger partial charge in [0.15, 0.2) is 0 Å². The van der Waals surface area contributed by atoms with Gasteiger partial charge in [0.2, 0.25) is 5.91 Å². The van der Waals surface area contributed by atoms with E-state index in [4.69, 9.17) is 0 Å². The highest BCUT2D eigenvalue weighted by molar-refractivity contribution is 5.73. The first-order valence-corrected chi connectivity index (χ1v) is 7.48. The van der Waals surface area contributed by atoms with Crippen molar-refractivity contribution in [2.45, 2.75) is 65.6 Å². The lowest BCUT2D eigenvalue weighted by Gasteiger charge is -2.41. The van der Waals surface area contributed by atoms with E-state index in [-0.39, 0.29) is 18.1 Å². The molecule has 0 spiro atoms. The number of likely N-dealkylation sites (tertiary alicyclic amines) is 1. The van der Waals surface area contributed by atoms with Crippen LogP contribution in [-0.2, 0) is 4.79 Å². The molecule has 2 N–H and O–H groups in total. The number of hydrogen-bond acceptors (Lipinski definition) is 3. The Morgan fingerprint density at radius 3 is 2.42 bits per heavy atom. The highest BCUT2D eigenvalue weighted by Crippen LogP contribution is 2.25. The average Bonchev–Trinajstić information content (AvgIpc) is 2.27. The summed E-state index contributed by atoms with van der Waals surface area (Å²) in [6, 6.07) is 0.702. The number of piperidine rings is 1. The number of rotatable bonds is 5. The van der Waals surface area contributed by atoms with E-state index >= 15 is 0 Å². The number of nitrogens with zero attached hydrogens (tertiary/aromatic N) is 1. The molecule has 0 aliphatic carbocycles. The summed E-state index contributed by atoms with van der Waals surface area (Å²) in [5.41, 5.74) is 0. The van der Waals surface area contributed by atoms with Gasteiger partial charge in [0.05, 0.1) is 6.10 Å². The lowest BCUT2D eigenvalue weighted by molar-refractivity contribution is -0.120. The SMILES string of the molecule is CC(=O)NC1CC(CC(O)C(C)C)CN(C(C)C)C1. The first-order chi connectivity index (χ1) is 8.79. The third-order valence-corrected chi connectivity index (χ3v) is 4.05. The van der Waals surface area contributed by atoms with Crippen molar-refractivity contribution in [2.75, 3.05) is 13.1 Å². The monoisotopic (exact) mass is 270 g/mol. The zero-order valence-electron chi connectivity index (χ0n) is 13.0. The van der Waals surface area contributed by atoms with Crippen molar-refractivity contribution in [3.05, 3.63) is 0 Å². The summed E-state index contributed by atoms with van der Waals surface area (Å²) in [6.07, 6.45) is 1.57. The maximum absolute atomic E-state index is 11.2. The normalized spacial score (nSPS) is 26.7. The summed E-state index contributed by atoms with van der Waals surface area (Å²) >= 11 is 0. The van der Waals surface area contributed by atoms with Gasteiger partial charge < -0.3 is 10.4 Å². The number of nitrogens with one attached hydrogen (secondary N) is 1. The van der Waals surface area contributed by atoms with Gasteiger partial charge in [-0.1, -0.05) is 13.8 Å². The standard InChI is InChI=1S/C15H30N2O2/c1-10(2)15(19)7-13-6-14(16-12(5)18)9-17(8-13)11(3)4/h10-11,13-15,19H,6-9H2,1-5H3,(H,16,18). The quantitative estimate of drug-likeness (QED) is 0.798. The van der Waals surface area contributed by atoms with E-state index in [9.17, 15) is 9.90 Å². The van der Waals surface area contributed by atoms with Gasteiger partial charge in [-0.3, -0.25) is 9.69 Å². The van der Waals surface area contributed by atoms with Crippen LogP contribution < -0.4 is 5.32 Å². The Balaban J connectivity index is 2.62. The van der Waals surface area contributed by atoms with Crippen LogP contribution in [0.4, 0.5) is 0 Å². The van der Waals surface area contributed by atoms with Crippen molar-refractivity contribution in [2.24, 2.45) is 11.8 Å². The topological polar surface area (TPSA) is 52.6 Å². The summed E-state index contributed by atoms with van der Waals surface area (Å²) in [4.78, 5) is 13.7. The van der Waals surface area contributed by atoms with Crippen LogP contribution in [0, 0.1) is 11.8 Å². The molecule has 4 heteroatoms. The van der Waals surface area contributed by atoms with E-state index in [1.807, 2.05) is 0 Å². The molecule has 1 fully saturated rings. The van der Waals surface area contributed by atoms with Crippen LogP contribution in [0.2, 0.25) is 0 Å². The molecule has 3 unspecified atom stereocenters. The molecule has 0 aromatic carbocycles. The van der Waals surface area contributed by atoms with Gasteiger partial charge in [0, 0.05) is 32.1 Å². The molecule has 1 aliphatic heterocycles. The predicted molar refractivity (Wildman–Crippen MR) is 77.9 cm³/mol. The maximum Gasteiger partial charge on any atom is 0.217 e. The third-order valence-electron chi connectivity index (χ3n) is 4.05. The van der Waals surface area contributed by atoms with Crippen molar-refractivity contribution in [3.8, 4) is 0 Å². The van der Waals surface area contributed by atoms with E-state index in [0.29, 0.717) is 17.9 Å². The number of aliphatic hydroxyl groups is 1. The van der Waals surface area contributed by atoms with E-state index in [1.165, 1.54) is 0 Å². The van der Waals surface area contributed by atoms with E-state index in [1.54, 1.807) is 6.92 Å². The van der Waals surface area contributed by atoms with E-state index in [0.717, 1.165) is 25.9 Å². The van der Waals surface area contributed by atoms with Crippen molar-refractivity contribution in [1.29, 1.82) is 0 Å². The molecule has 1 rings (SSSR count). The molecule has 1 saturated heterocycles. The molecule has 0 aromatic rings. The van der Waals surface area contributed by atoms with E-state index in [2.05, 4.69) is 37.9 Å². The predicted octanol–water partition coefficient (Wildman–Crippen LogP) is 1.63. The zero-order chi connectivity index (χ0) is 14.6. The van der Waals surface area contributed by atoms with Crippen molar-refractivity contribution in [1.82, 2.24) is 10.2 Å². The van der Waals surface area contributed by atoms with Crippen LogP contribution in [0.1, 0.15) is 47.5 Å². The van der Waals surface area contributed by atoms with Gasteiger partial charge in [-0.25, -0.2) is 0 Å². The molecular weight excluding hydrogens is 240 g/mol. The molecule has 0 saturated carbocycles. The maximum atomic E-state index is 11.2. The number of hydrogen-bond donors (Lipinski definition) is 2. The fraction of sp³-hybridized carbons (Fsp3) is 0.933. The molecule has 1 heterocycles. The van der Waals surface area contributed by atoms with E-state index < -0.39 is 0 Å². The minimum Gasteiger partial charge on any atom is -0.393 e. The first-order valence-electron chi connectivity index (χ1n) is 7.48. The molecule has 0 aromatic heterocycles. The Morgan fingerprint density at radius 2 is 1.95 bits per heavy atom. The Labute approximate surface area is 117 Å². The van der Waals surface area contributed by atoms with Gasteiger partial charge in [0.1, 0.15) is 0 Å².